The van der Waals surface area contributed by atoms with Crippen molar-refractivity contribution < 1.29 is 24.2 Å². The smallest absolute Gasteiger partial charge is 0.408 e. The van der Waals surface area contributed by atoms with E-state index in [9.17, 15) is 14.4 Å². The number of carbonyl (C=O) groups is 3. The largest absolute Gasteiger partial charge is 0.481 e. The molecule has 2 N–H and O–H groups in total. The summed E-state index contributed by atoms with van der Waals surface area (Å²) in [7, 11) is 0. The van der Waals surface area contributed by atoms with Gasteiger partial charge in [0.2, 0.25) is 0 Å². The molecule has 1 rings (SSSR count). The van der Waals surface area contributed by atoms with Gasteiger partial charge in [-0.15, -0.1) is 0 Å². The number of benzene rings is 1. The van der Waals surface area contributed by atoms with Gasteiger partial charge in [0, 0.05) is 0 Å². The van der Waals surface area contributed by atoms with Gasteiger partial charge in [-0.25, -0.2) is 4.79 Å². The SMILES string of the molecule is O=C(O)CC(NC(=O)OCc1ccccc1)C(=O)CBr. The van der Waals surface area contributed by atoms with Crippen LogP contribution >= 0.6 is 15.9 Å². The number of carbonyl (C=O) groups excluding carboxylic acids is 2. The summed E-state index contributed by atoms with van der Waals surface area (Å²) < 4.78 is 4.92. The Kier molecular flexibility index (Phi) is 6.72. The van der Waals surface area contributed by atoms with Crippen molar-refractivity contribution >= 4 is 33.8 Å². The molecular weight excluding hydrogens is 330 g/mol. The van der Waals surface area contributed by atoms with Gasteiger partial charge in [-0.3, -0.25) is 9.59 Å². The topological polar surface area (TPSA) is 92.7 Å². The Labute approximate surface area is 124 Å². The molecule has 0 saturated heterocycles. The Hall–Kier alpha value is -1.89. The molecule has 0 aliphatic carbocycles. The summed E-state index contributed by atoms with van der Waals surface area (Å²) in [5.74, 6) is -1.60. The summed E-state index contributed by atoms with van der Waals surface area (Å²) in [5, 5.41) is 10.9. The number of Topliss-reactive ketones (excluding diaryl/α,β-unsaturated/α-hetero) is 1. The number of hydrogen-bond acceptors (Lipinski definition) is 4. The molecule has 20 heavy (non-hydrogen) atoms. The second-order valence-electron chi connectivity index (χ2n) is 3.96. The van der Waals surface area contributed by atoms with Gasteiger partial charge in [0.15, 0.2) is 5.78 Å². The first-order valence-corrected chi connectivity index (χ1v) is 6.92. The number of alkyl halides is 1. The van der Waals surface area contributed by atoms with Crippen molar-refractivity contribution in [3.63, 3.8) is 0 Å². The predicted molar refractivity (Wildman–Crippen MR) is 74.6 cm³/mol. The van der Waals surface area contributed by atoms with Crippen LogP contribution in [0.3, 0.4) is 0 Å². The Bertz CT molecular complexity index is 477. The third kappa shape index (κ3) is 5.83. The van der Waals surface area contributed by atoms with E-state index in [2.05, 4.69) is 21.2 Å². The Morgan fingerprint density at radius 2 is 1.90 bits per heavy atom. The molecule has 0 aliphatic rings. The lowest BCUT2D eigenvalue weighted by Crippen LogP contribution is -2.43. The zero-order valence-electron chi connectivity index (χ0n) is 10.5. The predicted octanol–water partition coefficient (Wildman–Crippen LogP) is 1.72. The second-order valence-corrected chi connectivity index (χ2v) is 4.52. The van der Waals surface area contributed by atoms with Crippen molar-refractivity contribution in [1.29, 1.82) is 0 Å². The van der Waals surface area contributed by atoms with Gasteiger partial charge in [-0.1, -0.05) is 46.3 Å². The number of hydrogen-bond donors (Lipinski definition) is 2. The number of ketones is 1. The number of halogens is 1. The Balaban J connectivity index is 2.49. The quantitative estimate of drug-likeness (QED) is 0.735. The van der Waals surface area contributed by atoms with Crippen LogP contribution in [0.1, 0.15) is 12.0 Å². The molecule has 0 heterocycles. The summed E-state index contributed by atoms with van der Waals surface area (Å²) in [6, 6.07) is 7.91. The molecule has 0 fully saturated rings. The van der Waals surface area contributed by atoms with Crippen LogP contribution in [0.2, 0.25) is 0 Å². The summed E-state index contributed by atoms with van der Waals surface area (Å²) >= 11 is 2.94. The third-order valence-corrected chi connectivity index (χ3v) is 2.96. The molecule has 108 valence electrons. The van der Waals surface area contributed by atoms with Crippen LogP contribution in [0.15, 0.2) is 30.3 Å². The lowest BCUT2D eigenvalue weighted by molar-refractivity contribution is -0.139. The zero-order valence-corrected chi connectivity index (χ0v) is 12.1. The van der Waals surface area contributed by atoms with E-state index in [0.717, 1.165) is 5.56 Å². The highest BCUT2D eigenvalue weighted by atomic mass is 79.9. The fourth-order valence-corrected chi connectivity index (χ4v) is 1.81. The van der Waals surface area contributed by atoms with Crippen LogP contribution in [0.4, 0.5) is 4.79 Å². The fourth-order valence-electron chi connectivity index (χ4n) is 1.42. The van der Waals surface area contributed by atoms with Crippen molar-refractivity contribution in [3.8, 4) is 0 Å². The maximum Gasteiger partial charge on any atom is 0.408 e. The molecule has 0 aromatic heterocycles. The minimum atomic E-state index is -1.17. The van der Waals surface area contributed by atoms with Crippen molar-refractivity contribution in [2.24, 2.45) is 0 Å². The molecule has 1 aromatic carbocycles. The highest BCUT2D eigenvalue weighted by Crippen LogP contribution is 2.02. The lowest BCUT2D eigenvalue weighted by atomic mass is 10.1. The van der Waals surface area contributed by atoms with E-state index in [-0.39, 0.29) is 11.9 Å². The number of nitrogens with one attached hydrogen (secondary N) is 1. The third-order valence-electron chi connectivity index (χ3n) is 2.40. The molecule has 6 nitrogen and oxygen atoms in total. The van der Waals surface area contributed by atoms with Crippen molar-refractivity contribution in [1.82, 2.24) is 5.32 Å². The zero-order chi connectivity index (χ0) is 15.0. The van der Waals surface area contributed by atoms with Gasteiger partial charge in [-0.2, -0.15) is 0 Å². The van der Waals surface area contributed by atoms with E-state index in [0.29, 0.717) is 0 Å². The Morgan fingerprint density at radius 1 is 1.25 bits per heavy atom. The normalized spacial score (nSPS) is 11.4. The molecule has 0 aliphatic heterocycles. The summed E-state index contributed by atoms with van der Waals surface area (Å²) in [6.45, 7) is 0.0506. The van der Waals surface area contributed by atoms with E-state index < -0.39 is 30.3 Å². The first kappa shape index (κ1) is 16.2. The minimum Gasteiger partial charge on any atom is -0.481 e. The molecule has 0 radical (unpaired) electrons. The summed E-state index contributed by atoms with van der Waals surface area (Å²) in [5.41, 5.74) is 0.796. The molecule has 7 heteroatoms. The monoisotopic (exact) mass is 343 g/mol. The van der Waals surface area contributed by atoms with E-state index >= 15 is 0 Å². The van der Waals surface area contributed by atoms with Gasteiger partial charge < -0.3 is 15.2 Å². The van der Waals surface area contributed by atoms with Gasteiger partial charge in [0.05, 0.1) is 11.8 Å². The number of carboxylic acid groups (broad SMARTS) is 1. The number of rotatable bonds is 7. The number of amides is 1. The second kappa shape index (κ2) is 8.31. The molecule has 1 atom stereocenters. The molecule has 0 bridgehead atoms. The number of ether oxygens (including phenoxy) is 1. The first-order valence-electron chi connectivity index (χ1n) is 5.80. The standard InChI is InChI=1S/C13H14BrNO5/c14-7-11(16)10(6-12(17)18)15-13(19)20-8-9-4-2-1-3-5-9/h1-5,10H,6-8H2,(H,15,19)(H,17,18). The average Bonchev–Trinajstić information content (AvgIpc) is 2.44. The van der Waals surface area contributed by atoms with Crippen LogP contribution < -0.4 is 5.32 Å². The molecule has 1 aromatic rings. The fraction of sp³-hybridized carbons (Fsp3) is 0.308. The minimum absolute atomic E-state index is 0.0378. The van der Waals surface area contributed by atoms with Gasteiger partial charge in [0.25, 0.3) is 0 Å². The van der Waals surface area contributed by atoms with Crippen LogP contribution in [-0.2, 0) is 20.9 Å². The van der Waals surface area contributed by atoms with E-state index in [4.69, 9.17) is 9.84 Å². The average molecular weight is 344 g/mol. The number of carboxylic acids is 1. The maximum absolute atomic E-state index is 11.5. The molecule has 0 saturated carbocycles. The Morgan fingerprint density at radius 3 is 2.45 bits per heavy atom. The van der Waals surface area contributed by atoms with Crippen LogP contribution in [0.25, 0.3) is 0 Å². The van der Waals surface area contributed by atoms with Gasteiger partial charge >= 0.3 is 12.1 Å². The van der Waals surface area contributed by atoms with Crippen molar-refractivity contribution in [3.05, 3.63) is 35.9 Å². The lowest BCUT2D eigenvalue weighted by Gasteiger charge is -2.14. The summed E-state index contributed by atoms with van der Waals surface area (Å²) in [6.07, 6.45) is -1.31. The number of aliphatic carboxylic acids is 1. The maximum atomic E-state index is 11.5. The summed E-state index contributed by atoms with van der Waals surface area (Å²) in [4.78, 5) is 33.6. The van der Waals surface area contributed by atoms with Crippen LogP contribution in [-0.4, -0.2) is 34.3 Å². The highest BCUT2D eigenvalue weighted by Gasteiger charge is 2.23. The van der Waals surface area contributed by atoms with Crippen LogP contribution in [0, 0.1) is 0 Å². The van der Waals surface area contributed by atoms with Crippen molar-refractivity contribution in [2.45, 2.75) is 19.1 Å². The van der Waals surface area contributed by atoms with E-state index in [1.807, 2.05) is 6.07 Å². The van der Waals surface area contributed by atoms with E-state index in [1.54, 1.807) is 24.3 Å². The van der Waals surface area contributed by atoms with Gasteiger partial charge in [0.1, 0.15) is 12.6 Å². The number of alkyl carbamates (subject to hydrolysis) is 1. The van der Waals surface area contributed by atoms with Crippen LogP contribution in [0.5, 0.6) is 0 Å². The molecule has 1 amide bonds. The molecule has 1 unspecified atom stereocenters. The van der Waals surface area contributed by atoms with E-state index in [1.165, 1.54) is 0 Å². The van der Waals surface area contributed by atoms with Crippen molar-refractivity contribution in [2.75, 3.05) is 5.33 Å². The highest BCUT2D eigenvalue weighted by molar-refractivity contribution is 9.09. The first-order chi connectivity index (χ1) is 9.52. The van der Waals surface area contributed by atoms with Gasteiger partial charge in [-0.05, 0) is 5.56 Å². The molecule has 0 spiro atoms. The molecular formula is C13H14BrNO5.